The number of halogens is 2. The van der Waals surface area contributed by atoms with Crippen LogP contribution in [0.2, 0.25) is 5.02 Å². The van der Waals surface area contributed by atoms with Crippen LogP contribution < -0.4 is 20.1 Å². The standard InChI is InChI=1S/C30H36ClFN6O5S2/c1-19-27(44-30(34-19)20-6-9-22(10-7-20)43-15-14-38-12-4-3-5-13-38)18-33-28(39)25-17-26(37(2)45(41,42)36-25)29(40)35-21-8-11-24(32)23(31)16-21/h6-11,16,25-26,36H,3-5,12-15,17-18H2,1-2H3,(H,33,39)(H,35,40). The number of piperidine rings is 1. The molecule has 0 saturated carbocycles. The molecule has 2 aliphatic rings. The van der Waals surface area contributed by atoms with Gasteiger partial charge in [-0.25, -0.2) is 9.37 Å². The van der Waals surface area contributed by atoms with Crippen LogP contribution in [0.1, 0.15) is 36.3 Å². The van der Waals surface area contributed by atoms with Crippen LogP contribution in [0.25, 0.3) is 10.6 Å². The lowest BCUT2D eigenvalue weighted by atomic mass is 10.1. The highest BCUT2D eigenvalue weighted by Crippen LogP contribution is 2.29. The van der Waals surface area contributed by atoms with Crippen LogP contribution in [-0.2, 0) is 26.3 Å². The van der Waals surface area contributed by atoms with Gasteiger partial charge in [-0.3, -0.25) is 14.5 Å². The fourth-order valence-corrected chi connectivity index (χ4v) is 7.69. The van der Waals surface area contributed by atoms with Crippen molar-refractivity contribution in [3.8, 4) is 16.3 Å². The first-order valence-corrected chi connectivity index (χ1v) is 17.3. The molecule has 2 fully saturated rings. The quantitative estimate of drug-likeness (QED) is 0.296. The van der Waals surface area contributed by atoms with E-state index in [-0.39, 0.29) is 23.7 Å². The SMILES string of the molecule is Cc1nc(-c2ccc(OCCN3CCCCC3)cc2)sc1CNC(=O)C1CC(C(=O)Nc2ccc(F)c(Cl)c2)N(C)S(=O)(=O)N1. The molecule has 3 heterocycles. The van der Waals surface area contributed by atoms with Crippen molar-refractivity contribution in [1.82, 2.24) is 24.2 Å². The Morgan fingerprint density at radius 2 is 1.87 bits per heavy atom. The summed E-state index contributed by atoms with van der Waals surface area (Å²) in [7, 11) is -2.90. The van der Waals surface area contributed by atoms with Crippen molar-refractivity contribution in [2.24, 2.45) is 0 Å². The highest BCUT2D eigenvalue weighted by molar-refractivity contribution is 7.87. The molecule has 0 aliphatic carbocycles. The van der Waals surface area contributed by atoms with Gasteiger partial charge in [-0.1, -0.05) is 18.0 Å². The summed E-state index contributed by atoms with van der Waals surface area (Å²) in [4.78, 5) is 34.0. The molecule has 0 bridgehead atoms. The lowest BCUT2D eigenvalue weighted by molar-refractivity contribution is -0.124. The summed E-state index contributed by atoms with van der Waals surface area (Å²) in [5.74, 6) is -1.11. The Labute approximate surface area is 271 Å². The van der Waals surface area contributed by atoms with Gasteiger partial charge in [-0.2, -0.15) is 17.4 Å². The van der Waals surface area contributed by atoms with Crippen LogP contribution >= 0.6 is 22.9 Å². The van der Waals surface area contributed by atoms with Gasteiger partial charge in [0.25, 0.3) is 10.2 Å². The molecule has 45 heavy (non-hydrogen) atoms. The molecule has 3 aromatic rings. The maximum atomic E-state index is 13.5. The molecule has 1 aromatic heterocycles. The number of anilines is 1. The number of ether oxygens (including phenoxy) is 1. The van der Waals surface area contributed by atoms with Gasteiger partial charge in [0.1, 0.15) is 35.3 Å². The van der Waals surface area contributed by atoms with E-state index in [2.05, 4.69) is 25.2 Å². The van der Waals surface area contributed by atoms with E-state index in [1.165, 1.54) is 49.8 Å². The van der Waals surface area contributed by atoms with E-state index < -0.39 is 39.9 Å². The molecular formula is C30H36ClFN6O5S2. The molecule has 15 heteroatoms. The van der Waals surface area contributed by atoms with E-state index in [0.717, 1.165) is 56.9 Å². The molecular weight excluding hydrogens is 643 g/mol. The average Bonchev–Trinajstić information content (AvgIpc) is 3.40. The van der Waals surface area contributed by atoms with Crippen molar-refractivity contribution < 1.29 is 27.1 Å². The van der Waals surface area contributed by atoms with Crippen LogP contribution in [0, 0.1) is 12.7 Å². The maximum absolute atomic E-state index is 13.5. The van der Waals surface area contributed by atoms with E-state index in [4.69, 9.17) is 16.3 Å². The van der Waals surface area contributed by atoms with E-state index in [1.54, 1.807) is 0 Å². The van der Waals surface area contributed by atoms with Gasteiger partial charge >= 0.3 is 0 Å². The zero-order valence-electron chi connectivity index (χ0n) is 25.0. The average molecular weight is 679 g/mol. The number of likely N-dealkylation sites (N-methyl/N-ethyl adjacent to an activating group) is 1. The Morgan fingerprint density at radius 1 is 1.13 bits per heavy atom. The molecule has 0 spiro atoms. The third-order valence-corrected chi connectivity index (χ3v) is 11.0. The molecule has 3 N–H and O–H groups in total. The second-order valence-corrected chi connectivity index (χ2v) is 14.3. The Kier molecular flexibility index (Phi) is 10.7. The number of carbonyl (C=O) groups excluding carboxylic acids is 2. The largest absolute Gasteiger partial charge is 0.492 e. The number of rotatable bonds is 10. The van der Waals surface area contributed by atoms with Crippen molar-refractivity contribution in [1.29, 1.82) is 0 Å². The predicted octanol–water partition coefficient (Wildman–Crippen LogP) is 3.94. The fraction of sp³-hybridized carbons (Fsp3) is 0.433. The van der Waals surface area contributed by atoms with Crippen LogP contribution in [0.15, 0.2) is 42.5 Å². The first-order valence-electron chi connectivity index (χ1n) is 14.7. The second-order valence-electron chi connectivity index (χ2n) is 11.1. The maximum Gasteiger partial charge on any atom is 0.280 e. The van der Waals surface area contributed by atoms with Crippen molar-refractivity contribution >= 4 is 50.6 Å². The summed E-state index contributed by atoms with van der Waals surface area (Å²) in [6.07, 6.45) is 3.68. The van der Waals surface area contributed by atoms with Crippen molar-refractivity contribution in [2.75, 3.05) is 38.6 Å². The number of hydrogen-bond donors (Lipinski definition) is 3. The number of nitrogens with zero attached hydrogens (tertiary/aromatic N) is 3. The zero-order valence-corrected chi connectivity index (χ0v) is 27.4. The summed E-state index contributed by atoms with van der Waals surface area (Å²) in [5.41, 5.74) is 1.86. The van der Waals surface area contributed by atoms with Gasteiger partial charge in [-0.15, -0.1) is 11.3 Å². The van der Waals surface area contributed by atoms with Gasteiger partial charge in [0, 0.05) is 29.7 Å². The highest BCUT2D eigenvalue weighted by Gasteiger charge is 2.42. The summed E-state index contributed by atoms with van der Waals surface area (Å²) in [5, 5.41) is 5.92. The summed E-state index contributed by atoms with van der Waals surface area (Å²) in [6, 6.07) is 9.00. The Hall–Kier alpha value is -3.14. The van der Waals surface area contributed by atoms with Crippen LogP contribution in [-0.4, -0.2) is 79.8 Å². The summed E-state index contributed by atoms with van der Waals surface area (Å²) >= 11 is 7.23. The summed E-state index contributed by atoms with van der Waals surface area (Å²) in [6.45, 7) is 5.81. The molecule has 2 atom stereocenters. The van der Waals surface area contributed by atoms with E-state index in [1.807, 2.05) is 31.2 Å². The fourth-order valence-electron chi connectivity index (χ4n) is 5.26. The van der Waals surface area contributed by atoms with Gasteiger partial charge in [-0.05, 0) is 81.7 Å². The van der Waals surface area contributed by atoms with Gasteiger partial charge in [0.05, 0.1) is 17.3 Å². The zero-order chi connectivity index (χ0) is 32.1. The van der Waals surface area contributed by atoms with Crippen LogP contribution in [0.3, 0.4) is 0 Å². The number of aryl methyl sites for hydroxylation is 1. The van der Waals surface area contributed by atoms with E-state index in [9.17, 15) is 22.4 Å². The number of benzene rings is 2. The van der Waals surface area contributed by atoms with E-state index >= 15 is 0 Å². The molecule has 2 amide bonds. The number of likely N-dealkylation sites (tertiary alicyclic amines) is 1. The molecule has 5 rings (SSSR count). The molecule has 0 radical (unpaired) electrons. The topological polar surface area (TPSA) is 133 Å². The number of thiazole rings is 1. The van der Waals surface area contributed by atoms with Gasteiger partial charge in [0.15, 0.2) is 0 Å². The smallest absolute Gasteiger partial charge is 0.280 e. The summed E-state index contributed by atoms with van der Waals surface area (Å²) < 4.78 is 48.2. The van der Waals surface area contributed by atoms with Crippen LogP contribution in [0.4, 0.5) is 10.1 Å². The third kappa shape index (κ3) is 8.37. The molecule has 2 aliphatic heterocycles. The number of nitrogens with one attached hydrogen (secondary N) is 3. The minimum atomic E-state index is -4.14. The minimum absolute atomic E-state index is 0.123. The molecule has 11 nitrogen and oxygen atoms in total. The number of amides is 2. The first-order chi connectivity index (χ1) is 21.5. The third-order valence-electron chi connectivity index (χ3n) is 7.92. The molecule has 2 unspecified atom stereocenters. The lowest BCUT2D eigenvalue weighted by Gasteiger charge is -2.35. The predicted molar refractivity (Wildman–Crippen MR) is 172 cm³/mol. The van der Waals surface area contributed by atoms with Gasteiger partial charge < -0.3 is 15.4 Å². The van der Waals surface area contributed by atoms with Crippen molar-refractivity contribution in [2.45, 2.75) is 51.2 Å². The number of hydrogen-bond acceptors (Lipinski definition) is 8. The second kappa shape index (κ2) is 14.5. The Morgan fingerprint density at radius 3 is 2.58 bits per heavy atom. The van der Waals surface area contributed by atoms with Crippen molar-refractivity contribution in [3.05, 3.63) is 63.9 Å². The van der Waals surface area contributed by atoms with Crippen molar-refractivity contribution in [3.63, 3.8) is 0 Å². The minimum Gasteiger partial charge on any atom is -0.492 e. The first kappa shape index (κ1) is 33.2. The monoisotopic (exact) mass is 678 g/mol. The lowest BCUT2D eigenvalue weighted by Crippen LogP contribution is -2.62. The normalized spacial score (nSPS) is 20.4. The Bertz CT molecular complexity index is 1630. The Balaban J connectivity index is 1.16. The molecule has 2 saturated heterocycles. The van der Waals surface area contributed by atoms with E-state index in [0.29, 0.717) is 6.61 Å². The molecule has 242 valence electrons. The number of aromatic nitrogens is 1. The number of carbonyl (C=O) groups is 2. The van der Waals surface area contributed by atoms with Gasteiger partial charge in [0.2, 0.25) is 11.8 Å². The van der Waals surface area contributed by atoms with Crippen LogP contribution in [0.5, 0.6) is 5.75 Å². The molecule has 2 aromatic carbocycles. The highest BCUT2D eigenvalue weighted by atomic mass is 35.5.